The van der Waals surface area contributed by atoms with Crippen molar-refractivity contribution in [1.29, 1.82) is 0 Å². The van der Waals surface area contributed by atoms with Crippen LogP contribution in [0.4, 0.5) is 5.69 Å². The fraction of sp³-hybridized carbons (Fsp3) is 0.500. The predicted molar refractivity (Wildman–Crippen MR) is 73.9 cm³/mol. The lowest BCUT2D eigenvalue weighted by atomic mass is 10.1. The molecule has 1 atom stereocenters. The smallest absolute Gasteiger partial charge is 0.300 e. The van der Waals surface area contributed by atoms with Crippen LogP contribution >= 0.6 is 11.6 Å². The van der Waals surface area contributed by atoms with Gasteiger partial charge in [-0.3, -0.25) is 14.9 Å². The molecular formula is C12H15ClN4O3. The third-order valence-electron chi connectivity index (χ3n) is 3.23. The molecule has 1 unspecified atom stereocenters. The summed E-state index contributed by atoms with van der Waals surface area (Å²) >= 11 is 5.68. The molecule has 1 aliphatic rings. The number of halogens is 1. The van der Waals surface area contributed by atoms with Crippen LogP contribution in [0.25, 0.3) is 0 Å². The molecule has 8 heteroatoms. The van der Waals surface area contributed by atoms with Gasteiger partial charge >= 0.3 is 0 Å². The molecule has 0 aliphatic carbocycles. The monoisotopic (exact) mass is 298 g/mol. The van der Waals surface area contributed by atoms with E-state index in [2.05, 4.69) is 15.6 Å². The Bertz CT molecular complexity index is 517. The van der Waals surface area contributed by atoms with Crippen molar-refractivity contribution in [1.82, 2.24) is 15.6 Å². The number of hydrogen-bond donors (Lipinski definition) is 2. The molecule has 0 aromatic carbocycles. The Morgan fingerprint density at radius 1 is 1.65 bits per heavy atom. The predicted octanol–water partition coefficient (Wildman–Crippen LogP) is 1.52. The highest BCUT2D eigenvalue weighted by Gasteiger charge is 2.21. The molecule has 2 N–H and O–H groups in total. The van der Waals surface area contributed by atoms with Gasteiger partial charge in [0.15, 0.2) is 0 Å². The van der Waals surface area contributed by atoms with Gasteiger partial charge in [-0.2, -0.15) is 0 Å². The third kappa shape index (κ3) is 3.64. The lowest BCUT2D eigenvalue weighted by Crippen LogP contribution is -2.31. The van der Waals surface area contributed by atoms with Crippen LogP contribution in [0.1, 0.15) is 29.6 Å². The van der Waals surface area contributed by atoms with Crippen molar-refractivity contribution in [3.8, 4) is 0 Å². The van der Waals surface area contributed by atoms with Gasteiger partial charge in [0.1, 0.15) is 16.9 Å². The summed E-state index contributed by atoms with van der Waals surface area (Å²) in [7, 11) is 0. The third-order valence-corrected chi connectivity index (χ3v) is 3.44. The van der Waals surface area contributed by atoms with E-state index in [0.717, 1.165) is 32.0 Å². The number of nitro groups is 1. The van der Waals surface area contributed by atoms with Gasteiger partial charge in [-0.25, -0.2) is 4.98 Å². The number of aromatic nitrogens is 1. The maximum Gasteiger partial charge on any atom is 0.300 e. The van der Waals surface area contributed by atoms with Gasteiger partial charge in [-0.1, -0.05) is 11.6 Å². The van der Waals surface area contributed by atoms with E-state index in [1.54, 1.807) is 0 Å². The van der Waals surface area contributed by atoms with E-state index in [9.17, 15) is 14.9 Å². The van der Waals surface area contributed by atoms with Crippen LogP contribution in [-0.4, -0.2) is 34.9 Å². The summed E-state index contributed by atoms with van der Waals surface area (Å²) in [5, 5.41) is 16.9. The molecule has 0 radical (unpaired) electrons. The van der Waals surface area contributed by atoms with Gasteiger partial charge in [0.05, 0.1) is 4.92 Å². The van der Waals surface area contributed by atoms with Gasteiger partial charge < -0.3 is 10.6 Å². The normalized spacial score (nSPS) is 17.9. The lowest BCUT2D eigenvalue weighted by Gasteiger charge is -2.10. The van der Waals surface area contributed by atoms with Crippen LogP contribution in [0, 0.1) is 10.1 Å². The number of carbonyl (C=O) groups is 1. The molecule has 1 saturated heterocycles. The SMILES string of the molecule is O=C(NCCC1CCCN1)c1cc(Cl)ncc1[N+](=O)[O-]. The molecule has 0 bridgehead atoms. The van der Waals surface area contributed by atoms with E-state index in [-0.39, 0.29) is 16.4 Å². The summed E-state index contributed by atoms with van der Waals surface area (Å²) in [4.78, 5) is 25.8. The summed E-state index contributed by atoms with van der Waals surface area (Å²) in [6.07, 6.45) is 4.04. The Morgan fingerprint density at radius 2 is 2.45 bits per heavy atom. The molecule has 0 saturated carbocycles. The maximum atomic E-state index is 12.0. The number of amides is 1. The first kappa shape index (κ1) is 14.7. The zero-order valence-corrected chi connectivity index (χ0v) is 11.5. The summed E-state index contributed by atoms with van der Waals surface area (Å²) < 4.78 is 0. The average Bonchev–Trinajstić information content (AvgIpc) is 2.91. The van der Waals surface area contributed by atoms with Crippen LogP contribution < -0.4 is 10.6 Å². The van der Waals surface area contributed by atoms with Crippen molar-refractivity contribution in [2.24, 2.45) is 0 Å². The average molecular weight is 299 g/mol. The molecule has 2 rings (SSSR count). The molecular weight excluding hydrogens is 284 g/mol. The summed E-state index contributed by atoms with van der Waals surface area (Å²) in [6.45, 7) is 1.47. The Balaban J connectivity index is 1.97. The van der Waals surface area contributed by atoms with Crippen molar-refractivity contribution in [2.75, 3.05) is 13.1 Å². The standard InChI is InChI=1S/C12H15ClN4O3/c13-11-6-9(10(7-16-11)17(19)20)12(18)15-5-3-8-2-1-4-14-8/h6-8,14H,1-5H2,(H,15,18). The molecule has 1 aromatic heterocycles. The highest BCUT2D eigenvalue weighted by molar-refractivity contribution is 6.29. The second-order valence-corrected chi connectivity index (χ2v) is 5.01. The Morgan fingerprint density at radius 3 is 3.10 bits per heavy atom. The fourth-order valence-electron chi connectivity index (χ4n) is 2.21. The van der Waals surface area contributed by atoms with E-state index in [0.29, 0.717) is 12.6 Å². The second kappa shape index (κ2) is 6.62. The Hall–Kier alpha value is -1.73. The summed E-state index contributed by atoms with van der Waals surface area (Å²) in [5.74, 6) is -0.501. The van der Waals surface area contributed by atoms with E-state index < -0.39 is 10.8 Å². The van der Waals surface area contributed by atoms with Gasteiger partial charge in [0.25, 0.3) is 11.6 Å². The van der Waals surface area contributed by atoms with Gasteiger partial charge in [0, 0.05) is 12.6 Å². The van der Waals surface area contributed by atoms with E-state index >= 15 is 0 Å². The maximum absolute atomic E-state index is 12.0. The van der Waals surface area contributed by atoms with Crippen LogP contribution in [0.2, 0.25) is 5.15 Å². The zero-order chi connectivity index (χ0) is 14.5. The van der Waals surface area contributed by atoms with E-state index in [4.69, 9.17) is 11.6 Å². The van der Waals surface area contributed by atoms with Crippen LogP contribution in [0.5, 0.6) is 0 Å². The van der Waals surface area contributed by atoms with E-state index in [1.807, 2.05) is 0 Å². The van der Waals surface area contributed by atoms with Gasteiger partial charge in [-0.05, 0) is 31.9 Å². The minimum atomic E-state index is -0.642. The van der Waals surface area contributed by atoms with Crippen LogP contribution in [-0.2, 0) is 0 Å². The van der Waals surface area contributed by atoms with Crippen molar-refractivity contribution >= 4 is 23.2 Å². The van der Waals surface area contributed by atoms with Crippen molar-refractivity contribution in [3.05, 3.63) is 33.1 Å². The number of carbonyl (C=O) groups excluding carboxylic acids is 1. The zero-order valence-electron chi connectivity index (χ0n) is 10.8. The van der Waals surface area contributed by atoms with Crippen molar-refractivity contribution in [2.45, 2.75) is 25.3 Å². The molecule has 1 aromatic rings. The Kier molecular flexibility index (Phi) is 4.86. The van der Waals surface area contributed by atoms with Crippen LogP contribution in [0.15, 0.2) is 12.3 Å². The molecule has 1 amide bonds. The number of rotatable bonds is 5. The van der Waals surface area contributed by atoms with Crippen molar-refractivity contribution < 1.29 is 9.72 Å². The number of nitrogens with one attached hydrogen (secondary N) is 2. The first-order valence-corrected chi connectivity index (χ1v) is 6.77. The van der Waals surface area contributed by atoms with Gasteiger partial charge in [0.2, 0.25) is 0 Å². The Labute approximate surface area is 120 Å². The largest absolute Gasteiger partial charge is 0.352 e. The fourth-order valence-corrected chi connectivity index (χ4v) is 2.37. The first-order chi connectivity index (χ1) is 9.58. The minimum Gasteiger partial charge on any atom is -0.352 e. The second-order valence-electron chi connectivity index (χ2n) is 4.62. The number of pyridine rings is 1. The molecule has 1 aliphatic heterocycles. The number of nitrogens with zero attached hydrogens (tertiary/aromatic N) is 2. The summed E-state index contributed by atoms with van der Waals surface area (Å²) in [5.41, 5.74) is -0.403. The molecule has 108 valence electrons. The quantitative estimate of drug-likeness (QED) is 0.488. The first-order valence-electron chi connectivity index (χ1n) is 6.39. The van der Waals surface area contributed by atoms with E-state index in [1.165, 1.54) is 6.07 Å². The summed E-state index contributed by atoms with van der Waals surface area (Å²) in [6, 6.07) is 1.62. The lowest BCUT2D eigenvalue weighted by molar-refractivity contribution is -0.385. The number of hydrogen-bond acceptors (Lipinski definition) is 5. The molecule has 20 heavy (non-hydrogen) atoms. The van der Waals surface area contributed by atoms with Crippen molar-refractivity contribution in [3.63, 3.8) is 0 Å². The molecule has 2 heterocycles. The topological polar surface area (TPSA) is 97.2 Å². The molecule has 7 nitrogen and oxygen atoms in total. The highest BCUT2D eigenvalue weighted by Crippen LogP contribution is 2.20. The molecule has 1 fully saturated rings. The van der Waals surface area contributed by atoms with Gasteiger partial charge in [-0.15, -0.1) is 0 Å². The van der Waals surface area contributed by atoms with Crippen LogP contribution in [0.3, 0.4) is 0 Å². The highest BCUT2D eigenvalue weighted by atomic mass is 35.5. The minimum absolute atomic E-state index is 0.0539. The molecule has 0 spiro atoms.